The van der Waals surface area contributed by atoms with Crippen LogP contribution in [0.25, 0.3) is 0 Å². The van der Waals surface area contributed by atoms with Gasteiger partial charge in [-0.3, -0.25) is 0 Å². The molecule has 0 aliphatic carbocycles. The van der Waals surface area contributed by atoms with Gasteiger partial charge in [-0.2, -0.15) is 0 Å². The fourth-order valence-corrected chi connectivity index (χ4v) is 14.3. The van der Waals surface area contributed by atoms with Crippen LogP contribution in [0, 0.1) is 0 Å². The molecule has 4 aliphatic rings. The van der Waals surface area contributed by atoms with Crippen molar-refractivity contribution in [2.45, 2.75) is 38.1 Å². The summed E-state index contributed by atoms with van der Waals surface area (Å²) in [4.78, 5) is 13.9. The molecule has 3 fully saturated rings. The molecular formula is C48H48N3O12P3. The van der Waals surface area contributed by atoms with Gasteiger partial charge in [0.15, 0.2) is 0 Å². The van der Waals surface area contributed by atoms with E-state index in [0.29, 0.717) is 90.8 Å². The number of hydrogen-bond acceptors (Lipinski definition) is 15. The van der Waals surface area contributed by atoms with Crippen LogP contribution >= 0.6 is 24.6 Å². The van der Waals surface area contributed by atoms with E-state index >= 15 is 0 Å². The van der Waals surface area contributed by atoms with Gasteiger partial charge in [0.25, 0.3) is 0 Å². The molecule has 6 aromatic carbocycles. The van der Waals surface area contributed by atoms with E-state index < -0.39 is 16.0 Å². The van der Waals surface area contributed by atoms with Crippen molar-refractivity contribution in [3.05, 3.63) is 180 Å². The summed E-state index contributed by atoms with van der Waals surface area (Å²) in [5.74, 6) is 2.52. The van der Waals surface area contributed by atoms with Crippen LogP contribution in [-0.2, 0) is 48.2 Å². The molecule has 6 aromatic rings. The molecule has 0 radical (unpaired) electrons. The third kappa shape index (κ3) is 11.3. The zero-order chi connectivity index (χ0) is 44.5. The quantitative estimate of drug-likeness (QED) is 0.0420. The fraction of sp³-hybridized carbons (Fsp3) is 0.250. The first kappa shape index (κ1) is 44.6. The summed E-state index contributed by atoms with van der Waals surface area (Å²) < 4.78 is 73.6. The van der Waals surface area contributed by atoms with Gasteiger partial charge in [0.1, 0.15) is 0 Å². The zero-order valence-corrected chi connectivity index (χ0v) is 38.5. The van der Waals surface area contributed by atoms with Crippen LogP contribution in [0.3, 0.4) is 0 Å². The van der Waals surface area contributed by atoms with Gasteiger partial charge in [-0.25, -0.2) is 0 Å². The molecule has 0 bridgehead atoms. The maximum absolute atomic E-state index is 7.64. The Hall–Kier alpha value is -5.24. The topological polar surface area (TPSA) is 140 Å². The third-order valence-corrected chi connectivity index (χ3v) is 17.3. The number of nitrogens with zero attached hydrogens (tertiary/aromatic N) is 3. The molecule has 342 valence electrons. The van der Waals surface area contributed by atoms with E-state index in [0.717, 1.165) is 0 Å². The minimum atomic E-state index is -5.67. The molecule has 0 saturated carbocycles. The molecule has 66 heavy (non-hydrogen) atoms. The van der Waals surface area contributed by atoms with Crippen LogP contribution in [0.15, 0.2) is 168 Å². The first-order valence-corrected chi connectivity index (χ1v) is 25.4. The summed E-state index contributed by atoms with van der Waals surface area (Å²) in [5, 5.41) is 0. The van der Waals surface area contributed by atoms with Crippen molar-refractivity contribution in [3.8, 4) is 34.5 Å². The summed E-state index contributed by atoms with van der Waals surface area (Å²) >= 11 is 0. The minimum absolute atomic E-state index is 0.0443. The molecule has 4 heterocycles. The Kier molecular flexibility index (Phi) is 14.0. The fourth-order valence-electron chi connectivity index (χ4n) is 6.57. The molecule has 3 saturated heterocycles. The van der Waals surface area contributed by atoms with Gasteiger partial charge in [0.2, 0.25) is 0 Å². The number of hydrogen-bond donors (Lipinski definition) is 0. The van der Waals surface area contributed by atoms with Gasteiger partial charge in [-0.1, -0.05) is 0 Å². The van der Waals surface area contributed by atoms with Crippen molar-refractivity contribution in [1.82, 2.24) is 9.21 Å². The van der Waals surface area contributed by atoms with E-state index in [1.165, 1.54) is 4.60 Å². The Bertz CT molecular complexity index is 2380. The van der Waals surface area contributed by atoms with Crippen molar-refractivity contribution in [1.29, 1.82) is 0 Å². The predicted molar refractivity (Wildman–Crippen MR) is 247 cm³/mol. The van der Waals surface area contributed by atoms with Crippen LogP contribution in [0.1, 0.15) is 16.7 Å². The van der Waals surface area contributed by atoms with Crippen molar-refractivity contribution in [2.75, 3.05) is 39.6 Å². The predicted octanol–water partition coefficient (Wildman–Crippen LogP) is 11.1. The molecule has 4 aliphatic heterocycles. The van der Waals surface area contributed by atoms with E-state index in [1.807, 2.05) is 164 Å². The Morgan fingerprint density at radius 3 is 1.26 bits per heavy atom. The van der Waals surface area contributed by atoms with Gasteiger partial charge in [0, 0.05) is 0 Å². The van der Waals surface area contributed by atoms with E-state index in [2.05, 4.69) is 0 Å². The summed E-state index contributed by atoms with van der Waals surface area (Å²) in [6.07, 6.45) is 0.133. The first-order valence-electron chi connectivity index (χ1n) is 21.5. The molecule has 10 rings (SSSR count). The van der Waals surface area contributed by atoms with Crippen LogP contribution in [-0.4, -0.2) is 67.2 Å². The molecule has 4 atom stereocenters. The number of para-hydroxylation sites is 6. The first-order chi connectivity index (χ1) is 32.6. The average Bonchev–Trinajstić information content (AvgIpc) is 4.19. The summed E-state index contributed by atoms with van der Waals surface area (Å²) in [5.41, 5.74) is 2.08. The molecular weight excluding hydrogens is 903 g/mol. The number of rotatable bonds is 24. The second kappa shape index (κ2) is 20.7. The second-order valence-electron chi connectivity index (χ2n) is 15.5. The Morgan fingerprint density at radius 1 is 0.485 bits per heavy atom. The molecule has 4 unspecified atom stereocenters. The molecule has 0 spiro atoms. The van der Waals surface area contributed by atoms with Gasteiger partial charge >= 0.3 is 387 Å². The van der Waals surface area contributed by atoms with Gasteiger partial charge in [0.05, 0.1) is 0 Å². The van der Waals surface area contributed by atoms with E-state index in [-0.39, 0.29) is 46.7 Å². The molecule has 18 heteroatoms. The summed E-state index contributed by atoms with van der Waals surface area (Å²) in [6, 6.07) is 50.7. The molecule has 0 amide bonds. The van der Waals surface area contributed by atoms with E-state index in [1.54, 1.807) is 4.60 Å². The zero-order valence-electron chi connectivity index (χ0n) is 35.8. The number of ether oxygens (including phenoxy) is 6. The Labute approximate surface area is 385 Å². The second-order valence-corrected chi connectivity index (χ2v) is 21.3. The van der Waals surface area contributed by atoms with Crippen molar-refractivity contribution in [3.63, 3.8) is 0 Å². The SMILES string of the molecule is c1ccc(ON2P=NP(Oc3ccccc3COCC3CO3)(Oc3ccccc3COCC3CO3)(Oc3ccccc3COCC3CO3)N(Oc3ccccc3)P2Oc2ccccc2)cc1. The summed E-state index contributed by atoms with van der Waals surface area (Å²) in [7, 11) is -7.84. The standard InChI is InChI=1S/C48H48N3O12P3/c1-4-19-40(20-5-1)58-50-64-49-66(61-46-25-13-10-16-37(46)28-52-31-43-34-55-43,62-47-26-14-11-17-38(47)29-53-32-44-35-56-44,63-48-27-15-12-18-39(48)30-54-33-45-36-57-45)51(59-41-21-6-2-7-22-41)65(50)60-42-23-8-3-9-24-42/h1-27,43-45H,28-36H2. The monoisotopic (exact) mass is 951 g/mol. The van der Waals surface area contributed by atoms with Crippen molar-refractivity contribution >= 4 is 24.6 Å². The van der Waals surface area contributed by atoms with Crippen LogP contribution in [0.5, 0.6) is 34.5 Å². The van der Waals surface area contributed by atoms with Gasteiger partial charge in [-0.05, 0) is 0 Å². The molecule has 0 aromatic heterocycles. The number of benzene rings is 6. The van der Waals surface area contributed by atoms with E-state index in [4.69, 9.17) is 60.7 Å². The maximum atomic E-state index is 7.64. The molecule has 0 N–H and O–H groups in total. The van der Waals surface area contributed by atoms with Crippen LogP contribution in [0.2, 0.25) is 0 Å². The van der Waals surface area contributed by atoms with Crippen LogP contribution in [0.4, 0.5) is 0 Å². The van der Waals surface area contributed by atoms with E-state index in [9.17, 15) is 0 Å². The van der Waals surface area contributed by atoms with Crippen LogP contribution < -0.4 is 27.8 Å². The normalized spacial score (nSPS) is 22.2. The average molecular weight is 952 g/mol. The van der Waals surface area contributed by atoms with Crippen molar-refractivity contribution < 1.29 is 56.2 Å². The Balaban J connectivity index is 1.20. The Morgan fingerprint density at radius 2 is 0.848 bits per heavy atom. The summed E-state index contributed by atoms with van der Waals surface area (Å²) in [6.45, 7) is 3.74. The third-order valence-electron chi connectivity index (χ3n) is 10.2. The number of epoxide rings is 3. The molecule has 15 nitrogen and oxygen atoms in total. The van der Waals surface area contributed by atoms with Crippen molar-refractivity contribution in [2.24, 2.45) is 4.52 Å². The van der Waals surface area contributed by atoms with Gasteiger partial charge < -0.3 is 0 Å². The van der Waals surface area contributed by atoms with Gasteiger partial charge in [-0.15, -0.1) is 0 Å².